The van der Waals surface area contributed by atoms with E-state index in [9.17, 15) is 18.0 Å². The summed E-state index contributed by atoms with van der Waals surface area (Å²) in [6.07, 6.45) is 1.31. The number of furan rings is 1. The van der Waals surface area contributed by atoms with Crippen LogP contribution in [0.2, 0.25) is 0 Å². The number of carbonyl (C=O) groups is 2. The molecule has 0 radical (unpaired) electrons. The maximum absolute atomic E-state index is 12.5. The lowest BCUT2D eigenvalue weighted by molar-refractivity contribution is -0.119. The Kier molecular flexibility index (Phi) is 6.11. The lowest BCUT2D eigenvalue weighted by Crippen LogP contribution is -2.21. The Morgan fingerprint density at radius 3 is 2.33 bits per heavy atom. The number of hydrogen-bond acceptors (Lipinski definition) is 8. The minimum absolute atomic E-state index is 0.0161. The van der Waals surface area contributed by atoms with E-state index in [4.69, 9.17) is 9.15 Å². The number of aryl methyl sites for hydroxylation is 2. The maximum Gasteiger partial charge on any atom is 0.374 e. The third-order valence-corrected chi connectivity index (χ3v) is 5.06. The highest BCUT2D eigenvalue weighted by atomic mass is 32.2. The van der Waals surface area contributed by atoms with Crippen molar-refractivity contribution in [1.29, 1.82) is 0 Å². The van der Waals surface area contributed by atoms with E-state index >= 15 is 0 Å². The zero-order chi connectivity index (χ0) is 21.7. The molecule has 156 valence electrons. The number of rotatable bonds is 7. The van der Waals surface area contributed by atoms with Crippen LogP contribution in [-0.4, -0.2) is 36.9 Å². The van der Waals surface area contributed by atoms with Gasteiger partial charge < -0.3 is 14.5 Å². The second kappa shape index (κ2) is 8.74. The summed E-state index contributed by atoms with van der Waals surface area (Å²) in [7, 11) is -3.91. The van der Waals surface area contributed by atoms with E-state index in [1.807, 2.05) is 0 Å². The molecule has 0 atom stereocenters. The standard InChI is InChI=1S/C19H18N4O6S/c1-12-10-13(2)21-19(20-12)23-30(26,27)15-7-5-14(6-8-15)22-17(24)11-29-18(25)16-4-3-9-28-16/h3-10H,11H2,1-2H3,(H,22,24)(H,20,21,23). The van der Waals surface area contributed by atoms with Crippen LogP contribution in [0.25, 0.3) is 0 Å². The van der Waals surface area contributed by atoms with Gasteiger partial charge in [-0.05, 0) is 56.3 Å². The quantitative estimate of drug-likeness (QED) is 0.544. The highest BCUT2D eigenvalue weighted by Gasteiger charge is 2.17. The van der Waals surface area contributed by atoms with Gasteiger partial charge in [-0.15, -0.1) is 0 Å². The lowest BCUT2D eigenvalue weighted by Gasteiger charge is -2.09. The Hall–Kier alpha value is -3.73. The average Bonchev–Trinajstić information content (AvgIpc) is 3.20. The number of benzene rings is 1. The SMILES string of the molecule is Cc1cc(C)nc(NS(=O)(=O)c2ccc(NC(=O)COC(=O)c3ccco3)cc2)n1. The number of aromatic nitrogens is 2. The second-order valence-electron chi connectivity index (χ2n) is 6.21. The van der Waals surface area contributed by atoms with Gasteiger partial charge in [0.1, 0.15) is 0 Å². The van der Waals surface area contributed by atoms with Crippen molar-refractivity contribution in [1.82, 2.24) is 9.97 Å². The van der Waals surface area contributed by atoms with E-state index < -0.39 is 28.5 Å². The van der Waals surface area contributed by atoms with Crippen LogP contribution in [-0.2, 0) is 19.6 Å². The van der Waals surface area contributed by atoms with Gasteiger partial charge in [-0.2, -0.15) is 0 Å². The van der Waals surface area contributed by atoms with Crippen LogP contribution in [0.1, 0.15) is 21.9 Å². The molecule has 11 heteroatoms. The first kappa shape index (κ1) is 21.0. The molecule has 2 N–H and O–H groups in total. The molecule has 0 fully saturated rings. The normalized spacial score (nSPS) is 11.0. The van der Waals surface area contributed by atoms with Crippen LogP contribution in [0.3, 0.4) is 0 Å². The summed E-state index contributed by atoms with van der Waals surface area (Å²) in [6, 6.07) is 10.1. The molecular weight excluding hydrogens is 412 g/mol. The van der Waals surface area contributed by atoms with Gasteiger partial charge in [-0.25, -0.2) is 27.9 Å². The Balaban J connectivity index is 1.59. The number of nitrogens with zero attached hydrogens (tertiary/aromatic N) is 2. The van der Waals surface area contributed by atoms with Crippen molar-refractivity contribution in [2.45, 2.75) is 18.7 Å². The molecule has 0 unspecified atom stereocenters. The monoisotopic (exact) mass is 430 g/mol. The molecule has 0 aliphatic heterocycles. The van der Waals surface area contributed by atoms with Crippen molar-refractivity contribution < 1.29 is 27.2 Å². The summed E-state index contributed by atoms with van der Waals surface area (Å²) >= 11 is 0. The zero-order valence-electron chi connectivity index (χ0n) is 16.1. The van der Waals surface area contributed by atoms with Crippen LogP contribution in [0.4, 0.5) is 11.6 Å². The maximum atomic E-state index is 12.5. The summed E-state index contributed by atoms with van der Waals surface area (Å²) < 4.78 is 37.0. The van der Waals surface area contributed by atoms with Crippen molar-refractivity contribution in [2.24, 2.45) is 0 Å². The molecule has 1 amide bonds. The van der Waals surface area contributed by atoms with E-state index in [0.717, 1.165) is 0 Å². The molecule has 3 rings (SSSR count). The molecule has 1 aromatic carbocycles. The van der Waals surface area contributed by atoms with Gasteiger partial charge in [-0.1, -0.05) is 0 Å². The topological polar surface area (TPSA) is 140 Å². The van der Waals surface area contributed by atoms with E-state index in [2.05, 4.69) is 20.0 Å². The van der Waals surface area contributed by atoms with Crippen LogP contribution in [0, 0.1) is 13.8 Å². The fraction of sp³-hybridized carbons (Fsp3) is 0.158. The van der Waals surface area contributed by atoms with Gasteiger partial charge in [0, 0.05) is 17.1 Å². The van der Waals surface area contributed by atoms with E-state index in [0.29, 0.717) is 17.1 Å². The minimum Gasteiger partial charge on any atom is -0.457 e. The molecule has 30 heavy (non-hydrogen) atoms. The zero-order valence-corrected chi connectivity index (χ0v) is 16.9. The van der Waals surface area contributed by atoms with E-state index in [1.165, 1.54) is 42.7 Å². The molecule has 0 saturated carbocycles. The number of ether oxygens (including phenoxy) is 1. The molecule has 0 bridgehead atoms. The first-order valence-electron chi connectivity index (χ1n) is 8.68. The van der Waals surface area contributed by atoms with Gasteiger partial charge in [0.2, 0.25) is 11.7 Å². The first-order chi connectivity index (χ1) is 14.2. The lowest BCUT2D eigenvalue weighted by atomic mass is 10.3. The highest BCUT2D eigenvalue weighted by molar-refractivity contribution is 7.92. The number of sulfonamides is 1. The van der Waals surface area contributed by atoms with E-state index in [1.54, 1.807) is 19.9 Å². The summed E-state index contributed by atoms with van der Waals surface area (Å²) in [4.78, 5) is 31.6. The van der Waals surface area contributed by atoms with Crippen molar-refractivity contribution in [3.8, 4) is 0 Å². The number of hydrogen-bond donors (Lipinski definition) is 2. The molecule has 0 aliphatic rings. The molecule has 2 aromatic heterocycles. The summed E-state index contributed by atoms with van der Waals surface area (Å²) in [5.41, 5.74) is 1.59. The molecule has 10 nitrogen and oxygen atoms in total. The predicted molar refractivity (Wildman–Crippen MR) is 106 cm³/mol. The molecule has 0 spiro atoms. The number of nitrogens with one attached hydrogen (secondary N) is 2. The Bertz CT molecular complexity index is 1140. The molecule has 0 saturated heterocycles. The smallest absolute Gasteiger partial charge is 0.374 e. The summed E-state index contributed by atoms with van der Waals surface area (Å²) in [6.45, 7) is 2.94. The van der Waals surface area contributed by atoms with Crippen LogP contribution >= 0.6 is 0 Å². The van der Waals surface area contributed by atoms with Crippen LogP contribution in [0.5, 0.6) is 0 Å². The third-order valence-electron chi connectivity index (χ3n) is 3.71. The largest absolute Gasteiger partial charge is 0.457 e. The Labute approximate surface area is 172 Å². The van der Waals surface area contributed by atoms with Gasteiger partial charge >= 0.3 is 5.97 Å². The molecule has 0 aliphatic carbocycles. The fourth-order valence-corrected chi connectivity index (χ4v) is 3.41. The predicted octanol–water partition coefficient (Wildman–Crippen LogP) is 2.28. The van der Waals surface area contributed by atoms with Crippen molar-refractivity contribution in [2.75, 3.05) is 16.6 Å². The van der Waals surface area contributed by atoms with Gasteiger partial charge in [-0.3, -0.25) is 4.79 Å². The number of amides is 1. The number of anilines is 2. The average molecular weight is 430 g/mol. The second-order valence-corrected chi connectivity index (χ2v) is 7.89. The molecule has 3 aromatic rings. The van der Waals surface area contributed by atoms with Crippen LogP contribution < -0.4 is 10.0 Å². The van der Waals surface area contributed by atoms with Gasteiger partial charge in [0.15, 0.2) is 6.61 Å². The fourth-order valence-electron chi connectivity index (χ4n) is 2.46. The number of esters is 1. The van der Waals surface area contributed by atoms with Gasteiger partial charge in [0.05, 0.1) is 11.2 Å². The third kappa shape index (κ3) is 5.41. The van der Waals surface area contributed by atoms with E-state index in [-0.39, 0.29) is 16.6 Å². The molecular formula is C19H18N4O6S. The van der Waals surface area contributed by atoms with Gasteiger partial charge in [0.25, 0.3) is 15.9 Å². The van der Waals surface area contributed by atoms with Crippen LogP contribution in [0.15, 0.2) is 58.0 Å². The summed E-state index contributed by atoms with van der Waals surface area (Å²) in [5, 5.41) is 2.50. The summed E-state index contributed by atoms with van der Waals surface area (Å²) in [5.74, 6) is -1.40. The Morgan fingerprint density at radius 1 is 1.07 bits per heavy atom. The van der Waals surface area contributed by atoms with Crippen molar-refractivity contribution in [3.05, 3.63) is 65.9 Å². The highest BCUT2D eigenvalue weighted by Crippen LogP contribution is 2.17. The first-order valence-corrected chi connectivity index (χ1v) is 10.2. The Morgan fingerprint density at radius 2 is 1.73 bits per heavy atom. The number of carbonyl (C=O) groups excluding carboxylic acids is 2. The van der Waals surface area contributed by atoms with Crippen molar-refractivity contribution >= 4 is 33.5 Å². The minimum atomic E-state index is -3.91. The molecule has 2 heterocycles. The van der Waals surface area contributed by atoms with Crippen molar-refractivity contribution in [3.63, 3.8) is 0 Å².